The van der Waals surface area contributed by atoms with Crippen LogP contribution in [-0.4, -0.2) is 22.8 Å². The van der Waals surface area contributed by atoms with Crippen molar-refractivity contribution in [1.29, 1.82) is 0 Å². The number of hydrogen-bond acceptors (Lipinski definition) is 2. The molecule has 0 saturated heterocycles. The van der Waals surface area contributed by atoms with Gasteiger partial charge in [-0.15, -0.1) is 0 Å². The van der Waals surface area contributed by atoms with Crippen molar-refractivity contribution in [3.05, 3.63) is 65.2 Å². The van der Waals surface area contributed by atoms with Crippen LogP contribution in [0.15, 0.2) is 42.5 Å². The molecule has 0 atom stereocenters. The number of halogens is 1. The Balaban J connectivity index is 2.14. The van der Waals surface area contributed by atoms with Crippen LogP contribution in [0.3, 0.4) is 0 Å². The lowest BCUT2D eigenvalue weighted by Gasteiger charge is -2.17. The summed E-state index contributed by atoms with van der Waals surface area (Å²) in [6, 6.07) is 11.6. The summed E-state index contributed by atoms with van der Waals surface area (Å²) >= 11 is 0. The summed E-state index contributed by atoms with van der Waals surface area (Å²) in [6.07, 6.45) is 0. The van der Waals surface area contributed by atoms with Crippen molar-refractivity contribution < 1.29 is 9.18 Å². The summed E-state index contributed by atoms with van der Waals surface area (Å²) < 4.78 is 13.5. The zero-order valence-corrected chi connectivity index (χ0v) is 10.9. The molecule has 0 radical (unpaired) electrons. The standard InChI is InChI=1S/C15H15FN2O/c1-11-6-5-7-12(17-11)10-18(2)15(19)13-8-3-4-9-14(13)16/h3-9H,10H2,1-2H3. The Morgan fingerprint density at radius 2 is 1.95 bits per heavy atom. The van der Waals surface area contributed by atoms with Gasteiger partial charge in [0.25, 0.3) is 5.91 Å². The van der Waals surface area contributed by atoms with Crippen LogP contribution in [0.5, 0.6) is 0 Å². The number of hydrogen-bond donors (Lipinski definition) is 0. The molecular weight excluding hydrogens is 243 g/mol. The molecule has 1 amide bonds. The number of nitrogens with zero attached hydrogens (tertiary/aromatic N) is 2. The van der Waals surface area contributed by atoms with Gasteiger partial charge in [0.05, 0.1) is 17.8 Å². The quantitative estimate of drug-likeness (QED) is 0.848. The van der Waals surface area contributed by atoms with Crippen molar-refractivity contribution in [3.63, 3.8) is 0 Å². The Kier molecular flexibility index (Phi) is 3.90. The minimum atomic E-state index is -0.503. The molecule has 19 heavy (non-hydrogen) atoms. The van der Waals surface area contributed by atoms with Crippen molar-refractivity contribution in [3.8, 4) is 0 Å². The fourth-order valence-electron chi connectivity index (χ4n) is 1.84. The molecule has 0 fully saturated rings. The first kappa shape index (κ1) is 13.2. The third-order valence-corrected chi connectivity index (χ3v) is 2.80. The summed E-state index contributed by atoms with van der Waals surface area (Å²) in [5.41, 5.74) is 1.76. The molecular formula is C15H15FN2O. The van der Waals surface area contributed by atoms with Crippen molar-refractivity contribution >= 4 is 5.91 Å². The van der Waals surface area contributed by atoms with Crippen LogP contribution < -0.4 is 0 Å². The fourth-order valence-corrected chi connectivity index (χ4v) is 1.84. The molecule has 98 valence electrons. The smallest absolute Gasteiger partial charge is 0.256 e. The van der Waals surface area contributed by atoms with Crippen LogP contribution in [0.1, 0.15) is 21.7 Å². The van der Waals surface area contributed by atoms with E-state index in [1.807, 2.05) is 25.1 Å². The summed E-state index contributed by atoms with van der Waals surface area (Å²) in [4.78, 5) is 17.9. The lowest BCUT2D eigenvalue weighted by atomic mass is 10.2. The van der Waals surface area contributed by atoms with Gasteiger partial charge in [0, 0.05) is 12.7 Å². The van der Waals surface area contributed by atoms with Crippen molar-refractivity contribution in [2.75, 3.05) is 7.05 Å². The van der Waals surface area contributed by atoms with Gasteiger partial charge in [0.15, 0.2) is 0 Å². The Labute approximate surface area is 111 Å². The van der Waals surface area contributed by atoms with Gasteiger partial charge in [-0.3, -0.25) is 9.78 Å². The van der Waals surface area contributed by atoms with Gasteiger partial charge in [0.2, 0.25) is 0 Å². The Hall–Kier alpha value is -2.23. The van der Waals surface area contributed by atoms with Crippen LogP contribution in [-0.2, 0) is 6.54 Å². The van der Waals surface area contributed by atoms with Crippen LogP contribution in [0.4, 0.5) is 4.39 Å². The second kappa shape index (κ2) is 5.61. The number of amides is 1. The number of pyridine rings is 1. The van der Waals surface area contributed by atoms with Crippen LogP contribution >= 0.6 is 0 Å². The zero-order valence-electron chi connectivity index (χ0n) is 10.9. The van der Waals surface area contributed by atoms with E-state index in [0.29, 0.717) is 6.54 Å². The van der Waals surface area contributed by atoms with Gasteiger partial charge in [-0.05, 0) is 31.2 Å². The van der Waals surface area contributed by atoms with Crippen LogP contribution in [0.25, 0.3) is 0 Å². The molecule has 1 aromatic heterocycles. The molecule has 0 spiro atoms. The number of rotatable bonds is 3. The lowest BCUT2D eigenvalue weighted by Crippen LogP contribution is -2.27. The highest BCUT2D eigenvalue weighted by molar-refractivity contribution is 5.94. The largest absolute Gasteiger partial charge is 0.336 e. The van der Waals surface area contributed by atoms with Gasteiger partial charge in [0.1, 0.15) is 5.82 Å². The molecule has 2 rings (SSSR count). The molecule has 1 heterocycles. The van der Waals surface area contributed by atoms with Crippen molar-refractivity contribution in [2.24, 2.45) is 0 Å². The maximum absolute atomic E-state index is 13.5. The average Bonchev–Trinajstić information content (AvgIpc) is 2.38. The van der Waals surface area contributed by atoms with E-state index in [4.69, 9.17) is 0 Å². The minimum Gasteiger partial charge on any atom is -0.336 e. The topological polar surface area (TPSA) is 33.2 Å². The average molecular weight is 258 g/mol. The van der Waals surface area contributed by atoms with E-state index in [1.165, 1.54) is 17.0 Å². The van der Waals surface area contributed by atoms with E-state index in [9.17, 15) is 9.18 Å². The number of aromatic nitrogens is 1. The highest BCUT2D eigenvalue weighted by Gasteiger charge is 2.16. The maximum atomic E-state index is 13.5. The lowest BCUT2D eigenvalue weighted by molar-refractivity contribution is 0.0778. The number of carbonyl (C=O) groups is 1. The van der Waals surface area contributed by atoms with Gasteiger partial charge < -0.3 is 4.90 Å². The first-order chi connectivity index (χ1) is 9.08. The molecule has 0 N–H and O–H groups in total. The summed E-state index contributed by atoms with van der Waals surface area (Å²) in [7, 11) is 1.64. The molecule has 0 unspecified atom stereocenters. The first-order valence-electron chi connectivity index (χ1n) is 6.00. The predicted octanol–water partition coefficient (Wildman–Crippen LogP) is 2.80. The third-order valence-electron chi connectivity index (χ3n) is 2.80. The van der Waals surface area contributed by atoms with Gasteiger partial charge in [-0.1, -0.05) is 18.2 Å². The zero-order chi connectivity index (χ0) is 13.8. The van der Waals surface area contributed by atoms with Gasteiger partial charge in [-0.2, -0.15) is 0 Å². The van der Waals surface area contributed by atoms with Gasteiger partial charge >= 0.3 is 0 Å². The maximum Gasteiger partial charge on any atom is 0.256 e. The van der Waals surface area contributed by atoms with Crippen molar-refractivity contribution in [1.82, 2.24) is 9.88 Å². The third kappa shape index (κ3) is 3.16. The number of aryl methyl sites for hydroxylation is 1. The highest BCUT2D eigenvalue weighted by atomic mass is 19.1. The molecule has 0 bridgehead atoms. The minimum absolute atomic E-state index is 0.0812. The van der Waals surface area contributed by atoms with E-state index in [2.05, 4.69) is 4.98 Å². The monoisotopic (exact) mass is 258 g/mol. The SMILES string of the molecule is Cc1cccc(CN(C)C(=O)c2ccccc2F)n1. The van der Waals surface area contributed by atoms with Gasteiger partial charge in [-0.25, -0.2) is 4.39 Å². The Morgan fingerprint density at radius 1 is 1.21 bits per heavy atom. The molecule has 0 saturated carbocycles. The Bertz CT molecular complexity index is 598. The fraction of sp³-hybridized carbons (Fsp3) is 0.200. The van der Waals surface area contributed by atoms with E-state index < -0.39 is 5.82 Å². The van der Waals surface area contributed by atoms with Crippen LogP contribution in [0, 0.1) is 12.7 Å². The highest BCUT2D eigenvalue weighted by Crippen LogP contribution is 2.11. The summed E-state index contributed by atoms with van der Waals surface area (Å²) in [5, 5.41) is 0. The Morgan fingerprint density at radius 3 is 2.63 bits per heavy atom. The second-order valence-corrected chi connectivity index (χ2v) is 4.41. The molecule has 3 nitrogen and oxygen atoms in total. The predicted molar refractivity (Wildman–Crippen MR) is 71.2 cm³/mol. The van der Waals surface area contributed by atoms with E-state index >= 15 is 0 Å². The normalized spacial score (nSPS) is 10.3. The van der Waals surface area contributed by atoms with E-state index in [-0.39, 0.29) is 11.5 Å². The molecule has 4 heteroatoms. The van der Waals surface area contributed by atoms with E-state index in [0.717, 1.165) is 11.4 Å². The summed E-state index contributed by atoms with van der Waals surface area (Å²) in [6.45, 7) is 2.25. The van der Waals surface area contributed by atoms with Crippen LogP contribution in [0.2, 0.25) is 0 Å². The molecule has 0 aliphatic carbocycles. The van der Waals surface area contributed by atoms with Crippen molar-refractivity contribution in [2.45, 2.75) is 13.5 Å². The summed E-state index contributed by atoms with van der Waals surface area (Å²) in [5.74, 6) is -0.849. The molecule has 0 aliphatic rings. The molecule has 0 aliphatic heterocycles. The number of carbonyl (C=O) groups excluding carboxylic acids is 1. The molecule has 1 aromatic carbocycles. The molecule has 2 aromatic rings. The van der Waals surface area contributed by atoms with E-state index in [1.54, 1.807) is 19.2 Å². The first-order valence-corrected chi connectivity index (χ1v) is 6.00. The number of benzene rings is 1. The second-order valence-electron chi connectivity index (χ2n) is 4.41.